The highest BCUT2D eigenvalue weighted by Crippen LogP contribution is 2.29. The number of ether oxygens (including phenoxy) is 3. The highest BCUT2D eigenvalue weighted by Gasteiger charge is 2.17. The van der Waals surface area contributed by atoms with Crippen LogP contribution in [0.1, 0.15) is 11.1 Å². The van der Waals surface area contributed by atoms with E-state index in [2.05, 4.69) is 4.90 Å². The van der Waals surface area contributed by atoms with E-state index in [9.17, 15) is 14.9 Å². The Morgan fingerprint density at radius 1 is 0.975 bits per heavy atom. The van der Waals surface area contributed by atoms with E-state index in [0.717, 1.165) is 29.9 Å². The van der Waals surface area contributed by atoms with E-state index in [4.69, 9.17) is 19.2 Å². The van der Waals surface area contributed by atoms with Crippen LogP contribution in [0.3, 0.4) is 0 Å². The van der Waals surface area contributed by atoms with Crippen LogP contribution in [-0.4, -0.2) is 55.0 Å². The first-order valence-electron chi connectivity index (χ1n) is 12.9. The lowest BCUT2D eigenvalue weighted by Gasteiger charge is -2.29. The van der Waals surface area contributed by atoms with Crippen molar-refractivity contribution in [3.8, 4) is 11.5 Å². The van der Waals surface area contributed by atoms with Gasteiger partial charge in [0.1, 0.15) is 0 Å². The van der Waals surface area contributed by atoms with E-state index in [1.54, 1.807) is 30.9 Å². The Hall–Kier alpha value is -4.09. The van der Waals surface area contributed by atoms with Gasteiger partial charge in [-0.25, -0.2) is 4.98 Å². The molecule has 0 spiro atoms. The van der Waals surface area contributed by atoms with Crippen LogP contribution in [0.2, 0.25) is 0 Å². The third-order valence-electron chi connectivity index (χ3n) is 6.87. The number of nitro groups is 1. The van der Waals surface area contributed by atoms with Crippen molar-refractivity contribution in [3.63, 3.8) is 0 Å². The minimum absolute atomic E-state index is 0.0421. The number of fused-ring (bicyclic) bond motifs is 1. The maximum atomic E-state index is 13.9. The number of non-ortho nitro benzene ring substituents is 1. The zero-order chi connectivity index (χ0) is 28.1. The largest absolute Gasteiger partial charge is 0.493 e. The average Bonchev–Trinajstić information content (AvgIpc) is 3.00. The Kier molecular flexibility index (Phi) is 8.51. The van der Waals surface area contributed by atoms with Crippen LogP contribution >= 0.6 is 11.8 Å². The van der Waals surface area contributed by atoms with Crippen LogP contribution < -0.4 is 19.9 Å². The number of thioether (sulfide) groups is 1. The highest BCUT2D eigenvalue weighted by atomic mass is 32.2. The highest BCUT2D eigenvalue weighted by molar-refractivity contribution is 7.98. The van der Waals surface area contributed by atoms with Crippen molar-refractivity contribution in [1.82, 2.24) is 9.55 Å². The summed E-state index contributed by atoms with van der Waals surface area (Å²) < 4.78 is 18.0. The average molecular weight is 563 g/mol. The summed E-state index contributed by atoms with van der Waals surface area (Å²) in [5, 5.41) is 12.2. The predicted molar refractivity (Wildman–Crippen MR) is 155 cm³/mol. The molecule has 1 aliphatic rings. The minimum Gasteiger partial charge on any atom is -0.493 e. The Balaban J connectivity index is 1.47. The van der Waals surface area contributed by atoms with Crippen molar-refractivity contribution in [2.45, 2.75) is 23.9 Å². The van der Waals surface area contributed by atoms with Gasteiger partial charge in [0.25, 0.3) is 11.2 Å². The third-order valence-corrected chi connectivity index (χ3v) is 7.91. The molecule has 0 unspecified atom stereocenters. The van der Waals surface area contributed by atoms with Crippen molar-refractivity contribution in [1.29, 1.82) is 0 Å². The van der Waals surface area contributed by atoms with E-state index in [0.29, 0.717) is 59.5 Å². The summed E-state index contributed by atoms with van der Waals surface area (Å²) in [6.07, 6.45) is 0.585. The molecule has 0 radical (unpaired) electrons. The molecule has 0 saturated carbocycles. The van der Waals surface area contributed by atoms with Gasteiger partial charge < -0.3 is 19.1 Å². The van der Waals surface area contributed by atoms with E-state index >= 15 is 0 Å². The fourth-order valence-electron chi connectivity index (χ4n) is 4.65. The summed E-state index contributed by atoms with van der Waals surface area (Å²) in [5.41, 5.74) is 3.45. The number of anilines is 1. The SMILES string of the molecule is COc1ccc(CCn2c(SCc3ccc([N+](=O)[O-])cc3)nc3ccc(N4CCOCC4)cc3c2=O)cc1OC. The van der Waals surface area contributed by atoms with Crippen LogP contribution in [0.4, 0.5) is 11.4 Å². The summed E-state index contributed by atoms with van der Waals surface area (Å²) in [5.74, 6) is 1.79. The first-order chi connectivity index (χ1) is 19.5. The summed E-state index contributed by atoms with van der Waals surface area (Å²) in [6, 6.07) is 18.0. The molecule has 0 N–H and O–H groups in total. The molecule has 1 fully saturated rings. The van der Waals surface area contributed by atoms with Gasteiger partial charge >= 0.3 is 0 Å². The van der Waals surface area contributed by atoms with Gasteiger partial charge in [-0.1, -0.05) is 30.0 Å². The lowest BCUT2D eigenvalue weighted by molar-refractivity contribution is -0.384. The molecule has 208 valence electrons. The van der Waals surface area contributed by atoms with Crippen molar-refractivity contribution in [3.05, 3.63) is 92.3 Å². The normalized spacial score (nSPS) is 13.4. The molecule has 1 saturated heterocycles. The number of nitrogens with zero attached hydrogens (tertiary/aromatic N) is 4. The summed E-state index contributed by atoms with van der Waals surface area (Å²) in [6.45, 7) is 3.28. The molecule has 10 nitrogen and oxygen atoms in total. The molecule has 0 atom stereocenters. The molecule has 40 heavy (non-hydrogen) atoms. The number of benzene rings is 3. The molecule has 1 aromatic heterocycles. The van der Waals surface area contributed by atoms with Gasteiger partial charge in [0, 0.05) is 43.2 Å². The first kappa shape index (κ1) is 27.5. The zero-order valence-corrected chi connectivity index (χ0v) is 23.2. The summed E-state index contributed by atoms with van der Waals surface area (Å²) >= 11 is 1.43. The van der Waals surface area contributed by atoms with Gasteiger partial charge in [-0.05, 0) is 47.9 Å². The molecule has 3 aromatic carbocycles. The fraction of sp³-hybridized carbons (Fsp3) is 0.310. The standard InChI is InChI=1S/C29H30N4O6S/c1-37-26-10-5-20(17-27(26)38-2)11-12-32-28(34)24-18-23(31-13-15-39-16-14-31)8-9-25(24)30-29(32)40-19-21-3-6-22(7-4-21)33(35)36/h3-10,17-18H,11-16,19H2,1-2H3. The monoisotopic (exact) mass is 562 g/mol. The Morgan fingerprint density at radius 2 is 1.70 bits per heavy atom. The number of aromatic nitrogens is 2. The van der Waals surface area contributed by atoms with Crippen molar-refractivity contribution in [2.75, 3.05) is 45.4 Å². The topological polar surface area (TPSA) is 109 Å². The second-order valence-electron chi connectivity index (χ2n) is 9.30. The predicted octanol–water partition coefficient (Wildman–Crippen LogP) is 4.69. The van der Waals surface area contributed by atoms with E-state index in [1.807, 2.05) is 36.4 Å². The zero-order valence-electron chi connectivity index (χ0n) is 22.4. The summed E-state index contributed by atoms with van der Waals surface area (Å²) in [7, 11) is 3.19. The smallest absolute Gasteiger partial charge is 0.269 e. The minimum atomic E-state index is -0.418. The molecule has 5 rings (SSSR count). The lowest BCUT2D eigenvalue weighted by Crippen LogP contribution is -2.36. The van der Waals surface area contributed by atoms with E-state index in [1.165, 1.54) is 23.9 Å². The van der Waals surface area contributed by atoms with Crippen molar-refractivity contribution < 1.29 is 19.1 Å². The third kappa shape index (κ3) is 6.05. The molecular weight excluding hydrogens is 532 g/mol. The number of morpholine rings is 1. The van der Waals surface area contributed by atoms with Crippen LogP contribution in [0, 0.1) is 10.1 Å². The molecular formula is C29H30N4O6S. The molecule has 0 amide bonds. The van der Waals surface area contributed by atoms with Gasteiger partial charge in [0.05, 0.1) is 43.3 Å². The van der Waals surface area contributed by atoms with E-state index in [-0.39, 0.29) is 11.2 Å². The number of nitro benzene ring substituents is 1. The maximum Gasteiger partial charge on any atom is 0.269 e. The number of methoxy groups -OCH3 is 2. The number of rotatable bonds is 10. The Labute approximate surface area is 235 Å². The van der Waals surface area contributed by atoms with Crippen LogP contribution in [0.15, 0.2) is 70.6 Å². The molecule has 4 aromatic rings. The molecule has 0 bridgehead atoms. The Morgan fingerprint density at radius 3 is 2.40 bits per heavy atom. The van der Waals surface area contributed by atoms with Gasteiger partial charge in [-0.3, -0.25) is 19.5 Å². The van der Waals surface area contributed by atoms with Gasteiger partial charge in [-0.2, -0.15) is 0 Å². The molecule has 2 heterocycles. The van der Waals surface area contributed by atoms with Gasteiger partial charge in [0.2, 0.25) is 0 Å². The number of hydrogen-bond acceptors (Lipinski definition) is 9. The van der Waals surface area contributed by atoms with Crippen LogP contribution in [0.25, 0.3) is 10.9 Å². The number of hydrogen-bond donors (Lipinski definition) is 0. The Bertz CT molecular complexity index is 1570. The lowest BCUT2D eigenvalue weighted by atomic mass is 10.1. The summed E-state index contributed by atoms with van der Waals surface area (Å²) in [4.78, 5) is 31.6. The molecule has 0 aliphatic carbocycles. The van der Waals surface area contributed by atoms with Crippen molar-refractivity contribution in [2.24, 2.45) is 0 Å². The quantitative estimate of drug-likeness (QED) is 0.118. The van der Waals surface area contributed by atoms with Gasteiger partial charge in [0.15, 0.2) is 16.7 Å². The van der Waals surface area contributed by atoms with E-state index < -0.39 is 4.92 Å². The second kappa shape index (κ2) is 12.4. The van der Waals surface area contributed by atoms with Crippen LogP contribution in [-0.2, 0) is 23.5 Å². The molecule has 11 heteroatoms. The van der Waals surface area contributed by atoms with Crippen LogP contribution in [0.5, 0.6) is 11.5 Å². The van der Waals surface area contributed by atoms with Crippen molar-refractivity contribution >= 4 is 34.0 Å². The maximum absolute atomic E-state index is 13.9. The second-order valence-corrected chi connectivity index (χ2v) is 10.2. The fourth-order valence-corrected chi connectivity index (χ4v) is 5.63. The van der Waals surface area contributed by atoms with Gasteiger partial charge in [-0.15, -0.1) is 0 Å². The molecule has 1 aliphatic heterocycles. The number of aryl methyl sites for hydroxylation is 1. The first-order valence-corrected chi connectivity index (χ1v) is 13.9.